The molecule has 0 aliphatic rings. The summed E-state index contributed by atoms with van der Waals surface area (Å²) in [6.45, 7) is 6.61. The minimum atomic E-state index is -0.240. The molecule has 0 radical (unpaired) electrons. The van der Waals surface area contributed by atoms with Crippen LogP contribution in [-0.4, -0.2) is 13.7 Å². The standard InChI is InChI=1S/C20H23NO2/c1-14-5-7-19(16(3)11-14)23-10-9-17(13-21)18-12-15(2)6-8-20(18)22-4/h5-8,11-12,17H,9-10H2,1-4H3. The fourth-order valence-corrected chi connectivity index (χ4v) is 2.66. The number of nitrogens with zero attached hydrogens (tertiary/aromatic N) is 1. The molecule has 0 saturated heterocycles. The number of methoxy groups -OCH3 is 1. The third-order valence-corrected chi connectivity index (χ3v) is 3.91. The Morgan fingerprint density at radius 2 is 1.65 bits per heavy atom. The van der Waals surface area contributed by atoms with E-state index in [1.165, 1.54) is 5.56 Å². The molecular formula is C20H23NO2. The third-order valence-electron chi connectivity index (χ3n) is 3.91. The highest BCUT2D eigenvalue weighted by molar-refractivity contribution is 5.42. The van der Waals surface area contributed by atoms with Gasteiger partial charge in [-0.1, -0.05) is 35.4 Å². The Kier molecular flexibility index (Phi) is 5.65. The molecule has 2 aromatic rings. The van der Waals surface area contributed by atoms with Gasteiger partial charge in [0.2, 0.25) is 0 Å². The van der Waals surface area contributed by atoms with Crippen molar-refractivity contribution in [1.29, 1.82) is 5.26 Å². The van der Waals surface area contributed by atoms with Gasteiger partial charge in [0.25, 0.3) is 0 Å². The van der Waals surface area contributed by atoms with Crippen LogP contribution in [0.4, 0.5) is 0 Å². The Morgan fingerprint density at radius 1 is 1.00 bits per heavy atom. The summed E-state index contributed by atoms with van der Waals surface area (Å²) in [4.78, 5) is 0. The average Bonchev–Trinajstić information content (AvgIpc) is 2.53. The van der Waals surface area contributed by atoms with Crippen LogP contribution in [0.3, 0.4) is 0 Å². The molecule has 1 atom stereocenters. The van der Waals surface area contributed by atoms with Gasteiger partial charge >= 0.3 is 0 Å². The van der Waals surface area contributed by atoms with E-state index in [0.717, 1.165) is 28.2 Å². The third kappa shape index (κ3) is 4.26. The van der Waals surface area contributed by atoms with E-state index >= 15 is 0 Å². The molecule has 2 aromatic carbocycles. The van der Waals surface area contributed by atoms with Crippen LogP contribution in [0.5, 0.6) is 11.5 Å². The number of benzene rings is 2. The highest BCUT2D eigenvalue weighted by atomic mass is 16.5. The smallest absolute Gasteiger partial charge is 0.123 e. The van der Waals surface area contributed by atoms with Gasteiger partial charge in [-0.3, -0.25) is 0 Å². The second-order valence-corrected chi connectivity index (χ2v) is 5.83. The van der Waals surface area contributed by atoms with Gasteiger partial charge in [-0.05, 0) is 38.5 Å². The molecule has 0 N–H and O–H groups in total. The Balaban J connectivity index is 2.06. The summed E-state index contributed by atoms with van der Waals surface area (Å²) in [6, 6.07) is 14.4. The van der Waals surface area contributed by atoms with E-state index in [0.29, 0.717) is 13.0 Å². The zero-order chi connectivity index (χ0) is 16.8. The van der Waals surface area contributed by atoms with Crippen molar-refractivity contribution >= 4 is 0 Å². The minimum absolute atomic E-state index is 0.240. The molecule has 0 heterocycles. The van der Waals surface area contributed by atoms with Crippen LogP contribution in [0, 0.1) is 32.1 Å². The molecule has 1 unspecified atom stereocenters. The summed E-state index contributed by atoms with van der Waals surface area (Å²) in [6.07, 6.45) is 0.629. The summed E-state index contributed by atoms with van der Waals surface area (Å²) in [7, 11) is 1.63. The molecule has 0 aromatic heterocycles. The van der Waals surface area contributed by atoms with E-state index in [9.17, 15) is 5.26 Å². The monoisotopic (exact) mass is 309 g/mol. The first kappa shape index (κ1) is 16.9. The molecule has 2 rings (SSSR count). The normalized spacial score (nSPS) is 11.6. The van der Waals surface area contributed by atoms with E-state index < -0.39 is 0 Å². The molecule has 0 aliphatic heterocycles. The molecule has 3 nitrogen and oxygen atoms in total. The maximum absolute atomic E-state index is 9.52. The van der Waals surface area contributed by atoms with E-state index in [2.05, 4.69) is 19.1 Å². The lowest BCUT2D eigenvalue weighted by Crippen LogP contribution is -2.07. The molecule has 0 amide bonds. The van der Waals surface area contributed by atoms with Gasteiger partial charge in [-0.25, -0.2) is 0 Å². The van der Waals surface area contributed by atoms with E-state index in [1.54, 1.807) is 7.11 Å². The van der Waals surface area contributed by atoms with Crippen LogP contribution in [0.25, 0.3) is 0 Å². The molecule has 23 heavy (non-hydrogen) atoms. The maximum Gasteiger partial charge on any atom is 0.123 e. The number of nitriles is 1. The Morgan fingerprint density at radius 3 is 2.26 bits per heavy atom. The van der Waals surface area contributed by atoms with Crippen molar-refractivity contribution < 1.29 is 9.47 Å². The molecule has 0 saturated carbocycles. The van der Waals surface area contributed by atoms with Crippen molar-refractivity contribution in [3.05, 3.63) is 58.7 Å². The van der Waals surface area contributed by atoms with Crippen molar-refractivity contribution in [3.8, 4) is 17.6 Å². The van der Waals surface area contributed by atoms with Crippen LogP contribution in [0.2, 0.25) is 0 Å². The van der Waals surface area contributed by atoms with Gasteiger partial charge < -0.3 is 9.47 Å². The predicted octanol–water partition coefficient (Wildman–Crippen LogP) is 4.70. The molecule has 0 spiro atoms. The fraction of sp³-hybridized carbons (Fsp3) is 0.350. The van der Waals surface area contributed by atoms with E-state index in [-0.39, 0.29) is 5.92 Å². The van der Waals surface area contributed by atoms with Gasteiger partial charge in [0, 0.05) is 12.0 Å². The Labute approximate surface area is 138 Å². The first-order valence-corrected chi connectivity index (χ1v) is 7.79. The van der Waals surface area contributed by atoms with E-state index in [1.807, 2.05) is 44.2 Å². The first-order chi connectivity index (χ1) is 11.0. The number of aryl methyl sites for hydroxylation is 3. The zero-order valence-corrected chi connectivity index (χ0v) is 14.2. The SMILES string of the molecule is COc1ccc(C)cc1C(C#N)CCOc1ccc(C)cc1C. The maximum atomic E-state index is 9.52. The van der Waals surface area contributed by atoms with Gasteiger partial charge in [-0.15, -0.1) is 0 Å². The highest BCUT2D eigenvalue weighted by Gasteiger charge is 2.16. The summed E-state index contributed by atoms with van der Waals surface area (Å²) in [5.41, 5.74) is 4.39. The molecule has 3 heteroatoms. The lowest BCUT2D eigenvalue weighted by atomic mass is 9.95. The van der Waals surface area contributed by atoms with Gasteiger partial charge in [0.15, 0.2) is 0 Å². The lowest BCUT2D eigenvalue weighted by Gasteiger charge is -2.15. The fourth-order valence-electron chi connectivity index (χ4n) is 2.66. The van der Waals surface area contributed by atoms with Crippen LogP contribution in [0.15, 0.2) is 36.4 Å². The van der Waals surface area contributed by atoms with Crippen molar-refractivity contribution in [2.45, 2.75) is 33.1 Å². The zero-order valence-electron chi connectivity index (χ0n) is 14.2. The van der Waals surface area contributed by atoms with Gasteiger partial charge in [0.05, 0.1) is 25.7 Å². The van der Waals surface area contributed by atoms with Gasteiger partial charge in [0.1, 0.15) is 11.5 Å². The number of rotatable bonds is 6. The van der Waals surface area contributed by atoms with Crippen molar-refractivity contribution in [3.63, 3.8) is 0 Å². The average molecular weight is 309 g/mol. The van der Waals surface area contributed by atoms with Crippen LogP contribution in [-0.2, 0) is 0 Å². The molecule has 0 fully saturated rings. The number of ether oxygens (including phenoxy) is 2. The number of hydrogen-bond acceptors (Lipinski definition) is 3. The summed E-state index contributed by atoms with van der Waals surface area (Å²) < 4.78 is 11.2. The van der Waals surface area contributed by atoms with Gasteiger partial charge in [-0.2, -0.15) is 5.26 Å². The second-order valence-electron chi connectivity index (χ2n) is 5.83. The van der Waals surface area contributed by atoms with Crippen molar-refractivity contribution in [2.75, 3.05) is 13.7 Å². The van der Waals surface area contributed by atoms with Crippen LogP contribution >= 0.6 is 0 Å². The quantitative estimate of drug-likeness (QED) is 0.777. The van der Waals surface area contributed by atoms with Crippen molar-refractivity contribution in [1.82, 2.24) is 0 Å². The summed E-state index contributed by atoms with van der Waals surface area (Å²) in [5.74, 6) is 1.40. The first-order valence-electron chi connectivity index (χ1n) is 7.79. The summed E-state index contributed by atoms with van der Waals surface area (Å²) >= 11 is 0. The summed E-state index contributed by atoms with van der Waals surface area (Å²) in [5, 5.41) is 9.52. The topological polar surface area (TPSA) is 42.2 Å². The lowest BCUT2D eigenvalue weighted by molar-refractivity contribution is 0.302. The Hall–Kier alpha value is -2.47. The minimum Gasteiger partial charge on any atom is -0.496 e. The Bertz CT molecular complexity index is 716. The van der Waals surface area contributed by atoms with Crippen molar-refractivity contribution in [2.24, 2.45) is 0 Å². The second kappa shape index (κ2) is 7.69. The van der Waals surface area contributed by atoms with Crippen LogP contribution in [0.1, 0.15) is 34.6 Å². The molecule has 120 valence electrons. The molecular weight excluding hydrogens is 286 g/mol. The predicted molar refractivity (Wildman–Crippen MR) is 92.1 cm³/mol. The van der Waals surface area contributed by atoms with Crippen LogP contribution < -0.4 is 9.47 Å². The number of hydrogen-bond donors (Lipinski definition) is 0. The molecule has 0 bridgehead atoms. The highest BCUT2D eigenvalue weighted by Crippen LogP contribution is 2.30. The van der Waals surface area contributed by atoms with E-state index in [4.69, 9.17) is 9.47 Å². The largest absolute Gasteiger partial charge is 0.496 e. The molecule has 0 aliphatic carbocycles.